The van der Waals surface area contributed by atoms with Gasteiger partial charge < -0.3 is 10.0 Å². The number of nitrogens with zero attached hydrogens (tertiary/aromatic N) is 3. The molecule has 2 aliphatic rings. The number of aromatic nitrogens is 2. The van der Waals surface area contributed by atoms with E-state index < -0.39 is 11.9 Å². The number of hydrogen-bond donors (Lipinski definition) is 2. The van der Waals surface area contributed by atoms with E-state index in [0.717, 1.165) is 42.5 Å². The molecule has 2 saturated heterocycles. The minimum atomic E-state index is -0.726. The zero-order valence-electron chi connectivity index (χ0n) is 15.9. The first-order chi connectivity index (χ1) is 13.4. The summed E-state index contributed by atoms with van der Waals surface area (Å²) in [5, 5.41) is 16.9. The van der Waals surface area contributed by atoms with E-state index in [4.69, 9.17) is 5.11 Å². The van der Waals surface area contributed by atoms with Gasteiger partial charge in [0, 0.05) is 44.1 Å². The summed E-state index contributed by atoms with van der Waals surface area (Å²) in [5.41, 5.74) is 2.75. The van der Waals surface area contributed by atoms with Crippen LogP contribution in [0.15, 0.2) is 18.2 Å². The first kappa shape index (κ1) is 18.5. The monoisotopic (exact) mass is 384 g/mol. The average molecular weight is 384 g/mol. The molecule has 0 aliphatic carbocycles. The molecule has 8 nitrogen and oxygen atoms in total. The van der Waals surface area contributed by atoms with Crippen molar-refractivity contribution in [2.45, 2.75) is 38.0 Å². The summed E-state index contributed by atoms with van der Waals surface area (Å²) in [6.07, 6.45) is 2.80. The number of aliphatic carboxylic acids is 1. The molecule has 2 aliphatic heterocycles. The first-order valence-electron chi connectivity index (χ1n) is 9.69. The quantitative estimate of drug-likeness (QED) is 0.779. The second-order valence-electron chi connectivity index (χ2n) is 7.74. The van der Waals surface area contributed by atoms with Crippen molar-refractivity contribution in [1.29, 1.82) is 0 Å². The SMILES string of the molecule is Cn1nc([C@@H]2CCC(=O)NC2=O)c2ccc(N3CCC(CC(=O)O)CC3)cc21. The molecular weight excluding hydrogens is 360 g/mol. The number of rotatable bonds is 4. The van der Waals surface area contributed by atoms with E-state index in [1.807, 2.05) is 19.2 Å². The van der Waals surface area contributed by atoms with E-state index in [9.17, 15) is 14.4 Å². The van der Waals surface area contributed by atoms with Crippen LogP contribution in [0.5, 0.6) is 0 Å². The molecule has 4 rings (SSSR count). The third-order valence-corrected chi connectivity index (χ3v) is 5.88. The number of benzene rings is 1. The van der Waals surface area contributed by atoms with Gasteiger partial charge in [0.1, 0.15) is 0 Å². The number of hydrogen-bond acceptors (Lipinski definition) is 5. The normalized spacial score (nSPS) is 21.2. The summed E-state index contributed by atoms with van der Waals surface area (Å²) in [5.74, 6) is -1.39. The number of carbonyl (C=O) groups excluding carboxylic acids is 2. The number of carboxylic acids is 1. The van der Waals surface area contributed by atoms with E-state index in [0.29, 0.717) is 18.5 Å². The summed E-state index contributed by atoms with van der Waals surface area (Å²) in [6.45, 7) is 1.67. The van der Waals surface area contributed by atoms with Crippen LogP contribution in [0.25, 0.3) is 10.9 Å². The third kappa shape index (κ3) is 3.46. The van der Waals surface area contributed by atoms with Crippen molar-refractivity contribution in [3.8, 4) is 0 Å². The van der Waals surface area contributed by atoms with Gasteiger partial charge in [0.2, 0.25) is 11.8 Å². The molecule has 1 atom stereocenters. The lowest BCUT2D eigenvalue weighted by atomic mass is 9.92. The summed E-state index contributed by atoms with van der Waals surface area (Å²) in [6, 6.07) is 6.12. The van der Waals surface area contributed by atoms with Crippen molar-refractivity contribution in [2.24, 2.45) is 13.0 Å². The number of anilines is 1. The fourth-order valence-corrected chi connectivity index (χ4v) is 4.32. The zero-order valence-corrected chi connectivity index (χ0v) is 15.9. The number of fused-ring (bicyclic) bond motifs is 1. The van der Waals surface area contributed by atoms with Crippen LogP contribution in [0.3, 0.4) is 0 Å². The van der Waals surface area contributed by atoms with Gasteiger partial charge in [0.25, 0.3) is 0 Å². The van der Waals surface area contributed by atoms with Crippen LogP contribution < -0.4 is 10.2 Å². The molecule has 0 spiro atoms. The predicted molar refractivity (Wildman–Crippen MR) is 103 cm³/mol. The van der Waals surface area contributed by atoms with Crippen molar-refractivity contribution in [1.82, 2.24) is 15.1 Å². The van der Waals surface area contributed by atoms with Crippen LogP contribution in [-0.2, 0) is 21.4 Å². The Bertz CT molecular complexity index is 943. The third-order valence-electron chi connectivity index (χ3n) is 5.88. The topological polar surface area (TPSA) is 105 Å². The van der Waals surface area contributed by atoms with Crippen LogP contribution in [0.2, 0.25) is 0 Å². The Morgan fingerprint density at radius 1 is 1.25 bits per heavy atom. The molecule has 0 radical (unpaired) electrons. The molecule has 8 heteroatoms. The Hall–Kier alpha value is -2.90. The van der Waals surface area contributed by atoms with E-state index in [1.54, 1.807) is 4.68 Å². The molecule has 2 fully saturated rings. The van der Waals surface area contributed by atoms with Crippen LogP contribution >= 0.6 is 0 Å². The molecule has 3 heterocycles. The summed E-state index contributed by atoms with van der Waals surface area (Å²) in [7, 11) is 1.86. The van der Waals surface area contributed by atoms with E-state index >= 15 is 0 Å². The van der Waals surface area contributed by atoms with Crippen molar-refractivity contribution in [3.63, 3.8) is 0 Å². The minimum Gasteiger partial charge on any atom is -0.481 e. The maximum Gasteiger partial charge on any atom is 0.303 e. The number of imide groups is 1. The highest BCUT2D eigenvalue weighted by Gasteiger charge is 2.31. The van der Waals surface area contributed by atoms with Crippen LogP contribution in [0.1, 0.15) is 43.7 Å². The van der Waals surface area contributed by atoms with Gasteiger partial charge in [0.15, 0.2) is 0 Å². The molecular formula is C20H24N4O4. The van der Waals surface area contributed by atoms with Crippen molar-refractivity contribution >= 4 is 34.4 Å². The van der Waals surface area contributed by atoms with Gasteiger partial charge in [-0.2, -0.15) is 5.10 Å². The summed E-state index contributed by atoms with van der Waals surface area (Å²) in [4.78, 5) is 36.9. The number of carboxylic acid groups (broad SMARTS) is 1. The highest BCUT2D eigenvalue weighted by atomic mass is 16.4. The maximum atomic E-state index is 12.2. The van der Waals surface area contributed by atoms with Gasteiger partial charge >= 0.3 is 5.97 Å². The highest BCUT2D eigenvalue weighted by Crippen LogP contribution is 2.33. The van der Waals surface area contributed by atoms with Gasteiger partial charge in [-0.25, -0.2) is 0 Å². The van der Waals surface area contributed by atoms with Crippen LogP contribution in [0, 0.1) is 5.92 Å². The molecule has 2 aromatic rings. The Kier molecular flexibility index (Phi) is 4.78. The zero-order chi connectivity index (χ0) is 19.8. The Balaban J connectivity index is 1.56. The molecule has 2 N–H and O–H groups in total. The predicted octanol–water partition coefficient (Wildman–Crippen LogP) is 1.78. The molecule has 1 aromatic carbocycles. The van der Waals surface area contributed by atoms with Gasteiger partial charge in [-0.3, -0.25) is 24.4 Å². The maximum absolute atomic E-state index is 12.2. The molecule has 2 amide bonds. The number of carbonyl (C=O) groups is 3. The standard InChI is InChI=1S/C20H24N4O4/c1-23-16-11-13(24-8-6-12(7-9-24)10-18(26)27)2-3-14(16)19(22-23)15-4-5-17(25)21-20(15)28/h2-3,11-12,15H,4-10H2,1H3,(H,26,27)(H,21,25,28)/t15-/m0/s1. The van der Waals surface area contributed by atoms with Crippen LogP contribution in [0.4, 0.5) is 5.69 Å². The first-order valence-corrected chi connectivity index (χ1v) is 9.69. The van der Waals surface area contributed by atoms with Crippen molar-refractivity contribution in [3.05, 3.63) is 23.9 Å². The fraction of sp³-hybridized carbons (Fsp3) is 0.500. The Morgan fingerprint density at radius 3 is 2.68 bits per heavy atom. The summed E-state index contributed by atoms with van der Waals surface area (Å²) < 4.78 is 1.79. The highest BCUT2D eigenvalue weighted by molar-refractivity contribution is 6.02. The van der Waals surface area contributed by atoms with Gasteiger partial charge in [-0.05, 0) is 43.4 Å². The van der Waals surface area contributed by atoms with Crippen molar-refractivity contribution in [2.75, 3.05) is 18.0 Å². The van der Waals surface area contributed by atoms with E-state index in [-0.39, 0.29) is 24.2 Å². The Morgan fingerprint density at radius 2 is 2.00 bits per heavy atom. The van der Waals surface area contributed by atoms with Gasteiger partial charge in [0.05, 0.1) is 17.1 Å². The molecule has 1 aromatic heterocycles. The van der Waals surface area contributed by atoms with E-state index in [2.05, 4.69) is 21.4 Å². The molecule has 28 heavy (non-hydrogen) atoms. The largest absolute Gasteiger partial charge is 0.481 e. The summed E-state index contributed by atoms with van der Waals surface area (Å²) >= 11 is 0. The minimum absolute atomic E-state index is 0.227. The lowest BCUT2D eigenvalue weighted by molar-refractivity contribution is -0.138. The molecule has 148 valence electrons. The second-order valence-corrected chi connectivity index (χ2v) is 7.74. The van der Waals surface area contributed by atoms with Gasteiger partial charge in [-0.15, -0.1) is 0 Å². The number of aryl methyl sites for hydroxylation is 1. The lowest BCUT2D eigenvalue weighted by Gasteiger charge is -2.33. The smallest absolute Gasteiger partial charge is 0.303 e. The fourth-order valence-electron chi connectivity index (χ4n) is 4.32. The van der Waals surface area contributed by atoms with E-state index in [1.165, 1.54) is 0 Å². The molecule has 0 saturated carbocycles. The Labute approximate surface area is 162 Å². The number of piperidine rings is 2. The number of amides is 2. The van der Waals surface area contributed by atoms with Crippen molar-refractivity contribution < 1.29 is 19.5 Å². The molecule has 0 unspecified atom stereocenters. The molecule has 0 bridgehead atoms. The number of nitrogens with one attached hydrogen (secondary N) is 1. The second kappa shape index (κ2) is 7.26. The average Bonchev–Trinajstić information content (AvgIpc) is 2.98. The van der Waals surface area contributed by atoms with Crippen LogP contribution in [-0.4, -0.2) is 45.8 Å². The van der Waals surface area contributed by atoms with Gasteiger partial charge in [-0.1, -0.05) is 0 Å². The lowest BCUT2D eigenvalue weighted by Crippen LogP contribution is -2.39.